The number of anilines is 1. The first-order valence-corrected chi connectivity index (χ1v) is 21.9. The van der Waals surface area contributed by atoms with Gasteiger partial charge in [-0.05, 0) is 75.9 Å². The summed E-state index contributed by atoms with van der Waals surface area (Å²) in [6.45, 7) is 4.65. The lowest BCUT2D eigenvalue weighted by atomic mass is 9.82. The molecule has 6 rings (SSSR count). The number of amides is 2. The number of nitrogens with one attached hydrogen (secondary N) is 5. The summed E-state index contributed by atoms with van der Waals surface area (Å²) in [6, 6.07) is 6.74. The van der Waals surface area contributed by atoms with E-state index >= 15 is 8.78 Å². The molecule has 2 amide bonds. The van der Waals surface area contributed by atoms with Gasteiger partial charge in [0.2, 0.25) is 15.9 Å². The Morgan fingerprint density at radius 3 is 2.30 bits per heavy atom. The van der Waals surface area contributed by atoms with Crippen molar-refractivity contribution in [3.8, 4) is 34.8 Å². The van der Waals surface area contributed by atoms with E-state index < -0.39 is 111 Å². The van der Waals surface area contributed by atoms with Crippen LogP contribution in [-0.2, 0) is 33.0 Å². The van der Waals surface area contributed by atoms with E-state index in [4.69, 9.17) is 21.7 Å². The van der Waals surface area contributed by atoms with Crippen molar-refractivity contribution in [2.75, 3.05) is 24.1 Å². The average Bonchev–Trinajstić information content (AvgIpc) is 3.55. The van der Waals surface area contributed by atoms with Gasteiger partial charge in [-0.1, -0.05) is 35.4 Å². The summed E-state index contributed by atoms with van der Waals surface area (Å²) in [5.41, 5.74) is -6.95. The molecule has 0 bridgehead atoms. The van der Waals surface area contributed by atoms with Crippen LogP contribution >= 0.6 is 11.6 Å². The van der Waals surface area contributed by atoms with Gasteiger partial charge in [-0.25, -0.2) is 27.0 Å². The Balaban J connectivity index is 1.48. The zero-order chi connectivity index (χ0) is 48.9. The molecular weight excluding hydrogens is 925 g/mol. The van der Waals surface area contributed by atoms with Gasteiger partial charge in [0.1, 0.15) is 40.2 Å². The van der Waals surface area contributed by atoms with Crippen molar-refractivity contribution in [2.24, 2.45) is 18.9 Å². The quantitative estimate of drug-likeness (QED) is 0.0507. The fourth-order valence-electron chi connectivity index (χ4n) is 7.20. The zero-order valence-corrected chi connectivity index (χ0v) is 37.2. The van der Waals surface area contributed by atoms with Crippen LogP contribution in [0.15, 0.2) is 53.7 Å². The van der Waals surface area contributed by atoms with Crippen molar-refractivity contribution < 1.29 is 58.6 Å². The molecule has 14 nitrogen and oxygen atoms in total. The molecule has 23 heteroatoms. The zero-order valence-electron chi connectivity index (χ0n) is 35.7. The summed E-state index contributed by atoms with van der Waals surface area (Å²) in [6.07, 6.45) is -5.77. The van der Waals surface area contributed by atoms with Gasteiger partial charge in [-0.15, -0.1) is 0 Å². The maximum absolute atomic E-state index is 15.5. The standard InChI is InChI=1S/C43H40ClF7N8O6S/c1-40(2,3)65-39(61)54-20-41(4,62)14-13-24-7-8-25(26-10-12-29(44)33-35(26)59(5)57-38(33)58-66(6,63)64)34(55-24)30(17-21-15-22(45)18-23(46)16-21)56-31(60)19-53-37-32(36(52)43(49,50)51)27-9-11-28(27)42(37,47)48/h7-8,10,12,15-16,18,27-28,30,52-53,62H,17,19-20H2,1-6H3,(H,54,61)(H,56,60)(H,57,58)/t27-,28+,30?,41?/m0/s1. The van der Waals surface area contributed by atoms with E-state index in [-0.39, 0.29) is 49.8 Å². The number of hydrogen-bond donors (Lipinski definition) is 6. The number of carbonyl (C=O) groups is 2. The van der Waals surface area contributed by atoms with Crippen LogP contribution in [0.25, 0.3) is 22.0 Å². The number of carbonyl (C=O) groups excluding carboxylic acids is 2. The maximum atomic E-state index is 15.5. The molecule has 2 aromatic heterocycles. The number of rotatable bonds is 13. The normalized spacial score (nSPS) is 17.8. The van der Waals surface area contributed by atoms with E-state index in [1.807, 2.05) is 0 Å². The maximum Gasteiger partial charge on any atom is 0.433 e. The number of sulfonamides is 1. The predicted molar refractivity (Wildman–Crippen MR) is 229 cm³/mol. The third-order valence-electron chi connectivity index (χ3n) is 9.91. The third-order valence-corrected chi connectivity index (χ3v) is 10.8. The number of pyridine rings is 1. The summed E-state index contributed by atoms with van der Waals surface area (Å²) < 4.78 is 135. The van der Waals surface area contributed by atoms with Gasteiger partial charge in [0, 0.05) is 29.8 Å². The number of fused-ring (bicyclic) bond motifs is 2. The molecule has 2 aromatic carbocycles. The largest absolute Gasteiger partial charge is 0.444 e. The number of aliphatic hydroxyl groups is 1. The van der Waals surface area contributed by atoms with Gasteiger partial charge in [0.05, 0.1) is 58.6 Å². The van der Waals surface area contributed by atoms with Gasteiger partial charge in [-0.3, -0.25) is 19.6 Å². The first-order chi connectivity index (χ1) is 30.4. The third kappa shape index (κ3) is 11.0. The number of ether oxygens (including phenoxy) is 1. The van der Waals surface area contributed by atoms with Crippen molar-refractivity contribution in [2.45, 2.75) is 63.5 Å². The van der Waals surface area contributed by atoms with E-state index in [1.54, 1.807) is 20.8 Å². The van der Waals surface area contributed by atoms with Crippen molar-refractivity contribution >= 4 is 56.1 Å². The molecule has 350 valence electrons. The predicted octanol–water partition coefficient (Wildman–Crippen LogP) is 6.29. The van der Waals surface area contributed by atoms with Crippen molar-refractivity contribution in [1.29, 1.82) is 5.41 Å². The molecule has 6 N–H and O–H groups in total. The molecule has 0 saturated heterocycles. The minimum absolute atomic E-state index is 0.0493. The number of aromatic nitrogens is 3. The molecule has 4 aromatic rings. The lowest BCUT2D eigenvalue weighted by molar-refractivity contribution is -0.121. The summed E-state index contributed by atoms with van der Waals surface area (Å²) in [5, 5.41) is 30.3. The van der Waals surface area contributed by atoms with Crippen molar-refractivity contribution in [3.05, 3.63) is 87.3 Å². The molecular formula is C43H40ClF7N8O6S. The van der Waals surface area contributed by atoms with Gasteiger partial charge in [0.15, 0.2) is 5.82 Å². The number of allylic oxidation sites excluding steroid dienone is 2. The fourth-order valence-corrected chi connectivity index (χ4v) is 7.94. The number of aryl methyl sites for hydroxylation is 1. The molecule has 0 aliphatic heterocycles. The number of hydrogen-bond acceptors (Lipinski definition) is 10. The fraction of sp³-hybridized carbons (Fsp3) is 0.372. The van der Waals surface area contributed by atoms with E-state index in [9.17, 15) is 45.1 Å². The van der Waals surface area contributed by atoms with E-state index in [0.29, 0.717) is 6.07 Å². The Bertz CT molecular complexity index is 2930. The van der Waals surface area contributed by atoms with Crippen LogP contribution in [0.5, 0.6) is 0 Å². The van der Waals surface area contributed by atoms with Gasteiger partial charge >= 0.3 is 18.2 Å². The number of halogens is 8. The van der Waals surface area contributed by atoms with Crippen LogP contribution in [0.1, 0.15) is 50.7 Å². The van der Waals surface area contributed by atoms with Crippen molar-refractivity contribution in [1.82, 2.24) is 30.7 Å². The second kappa shape index (κ2) is 17.8. The van der Waals surface area contributed by atoms with E-state index in [0.717, 1.165) is 18.4 Å². The highest BCUT2D eigenvalue weighted by Gasteiger charge is 2.61. The van der Waals surface area contributed by atoms with Gasteiger partial charge in [0.25, 0.3) is 0 Å². The number of benzene rings is 2. The second-order valence-corrected chi connectivity index (χ2v) is 18.8. The molecule has 2 heterocycles. The van der Waals surface area contributed by atoms with E-state index in [2.05, 4.69) is 54.4 Å². The average molecular weight is 965 g/mol. The van der Waals surface area contributed by atoms with Crippen LogP contribution in [0.4, 0.5) is 41.3 Å². The SMILES string of the molecule is Cn1nc(NS(C)(=O)=O)c2c(Cl)ccc(-c3ccc(C#CC(C)(O)CNC(=O)OC(C)(C)C)nc3C(Cc3cc(F)cc(F)c3)NC(=O)CNC3=C(C(=N)C(F)(F)F)[C@H]4C#C[C@H]4C3(F)F)c21. The molecule has 2 unspecified atom stereocenters. The monoisotopic (exact) mass is 964 g/mol. The Labute approximate surface area is 378 Å². The smallest absolute Gasteiger partial charge is 0.433 e. The van der Waals surface area contributed by atoms with Crippen LogP contribution in [0, 0.1) is 52.6 Å². The van der Waals surface area contributed by atoms with Crippen LogP contribution in [0.3, 0.4) is 0 Å². The lowest BCUT2D eigenvalue weighted by Gasteiger charge is -2.25. The molecule has 66 heavy (non-hydrogen) atoms. The lowest BCUT2D eigenvalue weighted by Crippen LogP contribution is -2.42. The molecule has 0 spiro atoms. The second-order valence-electron chi connectivity index (χ2n) is 16.7. The van der Waals surface area contributed by atoms with Crippen LogP contribution < -0.4 is 20.7 Å². The highest BCUT2D eigenvalue weighted by atomic mass is 35.5. The first-order valence-electron chi connectivity index (χ1n) is 19.6. The number of alkyl carbamates (subject to hydrolysis) is 1. The van der Waals surface area contributed by atoms with Crippen LogP contribution in [0.2, 0.25) is 5.02 Å². The summed E-state index contributed by atoms with van der Waals surface area (Å²) in [4.78, 5) is 30.9. The number of nitrogens with zero attached hydrogens (tertiary/aromatic N) is 3. The van der Waals surface area contributed by atoms with Crippen molar-refractivity contribution in [3.63, 3.8) is 0 Å². The molecule has 0 saturated carbocycles. The Morgan fingerprint density at radius 2 is 1.71 bits per heavy atom. The first kappa shape index (κ1) is 49.1. The minimum Gasteiger partial charge on any atom is -0.444 e. The summed E-state index contributed by atoms with van der Waals surface area (Å²) >= 11 is 6.59. The minimum atomic E-state index is -5.33. The summed E-state index contributed by atoms with van der Waals surface area (Å²) in [5.74, 6) is -1.22. The number of alkyl halides is 5. The Morgan fingerprint density at radius 1 is 1.06 bits per heavy atom. The topological polar surface area (TPSA) is 200 Å². The van der Waals surface area contributed by atoms with E-state index in [1.165, 1.54) is 42.9 Å². The molecule has 0 fully saturated rings. The van der Waals surface area contributed by atoms with Crippen LogP contribution in [-0.4, -0.2) is 88.6 Å². The molecule has 0 radical (unpaired) electrons. The van der Waals surface area contributed by atoms with Gasteiger partial charge < -0.3 is 25.8 Å². The summed E-state index contributed by atoms with van der Waals surface area (Å²) in [7, 11) is -2.44. The molecule has 2 aliphatic carbocycles. The Kier molecular flexibility index (Phi) is 13.2. The highest BCUT2D eigenvalue weighted by molar-refractivity contribution is 7.92. The molecule has 2 aliphatic rings. The molecule has 4 atom stereocenters. The van der Waals surface area contributed by atoms with Gasteiger partial charge in [-0.2, -0.15) is 27.1 Å². The highest BCUT2D eigenvalue weighted by Crippen LogP contribution is 2.52. The Hall–Kier alpha value is -6.36.